The fourth-order valence-corrected chi connectivity index (χ4v) is 1.43. The summed E-state index contributed by atoms with van der Waals surface area (Å²) in [7, 11) is 0. The number of rotatable bonds is 6. The largest absolute Gasteiger partial charge is 0.462 e. The fourth-order valence-electron chi connectivity index (χ4n) is 1.09. The van der Waals surface area contributed by atoms with Crippen LogP contribution in [0.2, 0.25) is 0 Å². The van der Waals surface area contributed by atoms with Gasteiger partial charge >= 0.3 is 5.97 Å². The molecule has 0 aliphatic carbocycles. The van der Waals surface area contributed by atoms with Crippen molar-refractivity contribution in [2.75, 3.05) is 18.3 Å². The van der Waals surface area contributed by atoms with Gasteiger partial charge in [0.05, 0.1) is 6.61 Å². The highest BCUT2D eigenvalue weighted by molar-refractivity contribution is 7.98. The maximum Gasteiger partial charge on any atom is 0.343 e. The second-order valence-electron chi connectivity index (χ2n) is 3.28. The number of carbonyl (C=O) groups is 1. The summed E-state index contributed by atoms with van der Waals surface area (Å²) < 4.78 is 4.89. The molecule has 0 fully saturated rings. The number of esters is 1. The monoisotopic (exact) mass is 272 g/mol. The molecule has 1 rings (SSSR count). The van der Waals surface area contributed by atoms with Crippen molar-refractivity contribution in [3.05, 3.63) is 11.8 Å². The molecule has 0 aliphatic heterocycles. The normalized spacial score (nSPS) is 12.0. The summed E-state index contributed by atoms with van der Waals surface area (Å²) in [6.07, 6.45) is 2.43. The summed E-state index contributed by atoms with van der Waals surface area (Å²) in [5, 5.41) is 9.65. The van der Waals surface area contributed by atoms with Crippen LogP contribution in [0.15, 0.2) is 11.4 Å². The van der Waals surface area contributed by atoms with Gasteiger partial charge in [-0.15, -0.1) is 0 Å². The molecule has 0 amide bonds. The highest BCUT2D eigenvalue weighted by Crippen LogP contribution is 2.16. The van der Waals surface area contributed by atoms with Crippen LogP contribution in [0.1, 0.15) is 24.2 Å². The predicted octanol–water partition coefficient (Wildman–Crippen LogP) is 0.630. The van der Waals surface area contributed by atoms with Crippen molar-refractivity contribution in [1.82, 2.24) is 15.4 Å². The molecular formula is C10H16N4O3S. The smallest absolute Gasteiger partial charge is 0.343 e. The summed E-state index contributed by atoms with van der Waals surface area (Å²) in [5.74, 6) is -0.242. The molecule has 18 heavy (non-hydrogen) atoms. The van der Waals surface area contributed by atoms with Gasteiger partial charge in [-0.2, -0.15) is 0 Å². The van der Waals surface area contributed by atoms with Crippen LogP contribution in [0, 0.1) is 0 Å². The van der Waals surface area contributed by atoms with Crippen LogP contribution < -0.4 is 10.9 Å². The topological polar surface area (TPSA) is 96.4 Å². The van der Waals surface area contributed by atoms with E-state index in [0.717, 1.165) is 0 Å². The van der Waals surface area contributed by atoms with Gasteiger partial charge in [0, 0.05) is 6.20 Å². The van der Waals surface area contributed by atoms with Gasteiger partial charge in [-0.1, -0.05) is 11.8 Å². The molecule has 8 heteroatoms. The van der Waals surface area contributed by atoms with E-state index in [1.165, 1.54) is 24.9 Å². The molecule has 1 unspecified atom stereocenters. The molecule has 7 nitrogen and oxygen atoms in total. The average Bonchev–Trinajstić information content (AvgIpc) is 2.36. The summed E-state index contributed by atoms with van der Waals surface area (Å²) in [5.41, 5.74) is 5.42. The second-order valence-corrected chi connectivity index (χ2v) is 4.06. The summed E-state index contributed by atoms with van der Waals surface area (Å²) in [4.78, 5) is 19.8. The van der Waals surface area contributed by atoms with E-state index in [4.69, 9.17) is 9.84 Å². The molecule has 1 aromatic rings. The van der Waals surface area contributed by atoms with Gasteiger partial charge in [0.15, 0.2) is 11.0 Å². The molecule has 0 saturated heterocycles. The second kappa shape index (κ2) is 7.14. The first-order valence-corrected chi connectivity index (χ1v) is 6.58. The third-order valence-electron chi connectivity index (χ3n) is 1.84. The van der Waals surface area contributed by atoms with E-state index in [2.05, 4.69) is 20.8 Å². The Balaban J connectivity index is 2.96. The quantitative estimate of drug-likeness (QED) is 0.228. The summed E-state index contributed by atoms with van der Waals surface area (Å²) >= 11 is 1.35. The van der Waals surface area contributed by atoms with Crippen LogP contribution in [0.5, 0.6) is 0 Å². The van der Waals surface area contributed by atoms with Crippen LogP contribution in [0.25, 0.3) is 0 Å². The Morgan fingerprint density at radius 3 is 2.94 bits per heavy atom. The molecule has 3 N–H and O–H groups in total. The molecule has 0 radical (unpaired) electrons. The van der Waals surface area contributed by atoms with Crippen molar-refractivity contribution < 1.29 is 14.6 Å². The lowest BCUT2D eigenvalue weighted by Crippen LogP contribution is -2.32. The minimum Gasteiger partial charge on any atom is -0.462 e. The van der Waals surface area contributed by atoms with Crippen molar-refractivity contribution >= 4 is 23.5 Å². The van der Waals surface area contributed by atoms with Crippen molar-refractivity contribution in [1.29, 1.82) is 0 Å². The van der Waals surface area contributed by atoms with E-state index in [1.54, 1.807) is 6.92 Å². The Hall–Kier alpha value is -1.38. The van der Waals surface area contributed by atoms with Crippen molar-refractivity contribution in [2.24, 2.45) is 0 Å². The van der Waals surface area contributed by atoms with Gasteiger partial charge in [0.1, 0.15) is 11.8 Å². The van der Waals surface area contributed by atoms with Crippen LogP contribution in [-0.4, -0.2) is 40.1 Å². The lowest BCUT2D eigenvalue weighted by molar-refractivity contribution is 0.0526. The number of carbonyl (C=O) groups excluding carboxylic acids is 1. The lowest BCUT2D eigenvalue weighted by atomic mass is 10.3. The van der Waals surface area contributed by atoms with Gasteiger partial charge < -0.3 is 15.3 Å². The Labute approximate surface area is 109 Å². The van der Waals surface area contributed by atoms with Gasteiger partial charge in [-0.05, 0) is 20.1 Å². The zero-order valence-corrected chi connectivity index (χ0v) is 11.2. The number of nitrogens with zero attached hydrogens (tertiary/aromatic N) is 2. The highest BCUT2D eigenvalue weighted by atomic mass is 32.2. The minimum atomic E-state index is -0.784. The molecule has 0 spiro atoms. The van der Waals surface area contributed by atoms with Crippen LogP contribution >= 0.6 is 11.8 Å². The molecule has 100 valence electrons. The maximum atomic E-state index is 11.7. The number of thioether (sulfide) groups is 1. The number of anilines is 1. The zero-order chi connectivity index (χ0) is 13.5. The van der Waals surface area contributed by atoms with E-state index in [-0.39, 0.29) is 18.0 Å². The van der Waals surface area contributed by atoms with E-state index in [1.807, 2.05) is 6.26 Å². The van der Waals surface area contributed by atoms with Gasteiger partial charge in [-0.25, -0.2) is 20.2 Å². The number of ether oxygens (including phenoxy) is 1. The fraction of sp³-hybridized carbons (Fsp3) is 0.500. The van der Waals surface area contributed by atoms with Crippen molar-refractivity contribution in [2.45, 2.75) is 25.2 Å². The first-order valence-electron chi connectivity index (χ1n) is 5.36. The average molecular weight is 272 g/mol. The molecule has 1 atom stereocenters. The zero-order valence-electron chi connectivity index (χ0n) is 10.4. The van der Waals surface area contributed by atoms with E-state index < -0.39 is 12.2 Å². The number of aliphatic hydroxyl groups is 1. The number of aromatic nitrogens is 2. The van der Waals surface area contributed by atoms with Gasteiger partial charge in [0.2, 0.25) is 0 Å². The van der Waals surface area contributed by atoms with E-state index in [0.29, 0.717) is 5.16 Å². The number of nitrogens with one attached hydrogen (secondary N) is 2. The van der Waals surface area contributed by atoms with Gasteiger partial charge in [-0.3, -0.25) is 0 Å². The Kier molecular flexibility index (Phi) is 5.83. The number of hydrogen-bond donors (Lipinski definition) is 3. The SMILES string of the molecule is CCOC(=O)c1cnc(SC)nc1NNC(C)O. The first kappa shape index (κ1) is 14.7. The standard InChI is InChI=1S/C10H16N4O3S/c1-4-17-9(16)7-5-11-10(18-3)12-8(7)14-13-6(2)15/h5-6,13,15H,4H2,1-3H3,(H,11,12,14). The minimum absolute atomic E-state index is 0.211. The number of hydrazine groups is 1. The molecule has 1 heterocycles. The number of aliphatic hydroxyl groups excluding tert-OH is 1. The molecular weight excluding hydrogens is 256 g/mol. The lowest BCUT2D eigenvalue weighted by Gasteiger charge is -2.13. The van der Waals surface area contributed by atoms with Crippen molar-refractivity contribution in [3.63, 3.8) is 0 Å². The summed E-state index contributed by atoms with van der Waals surface area (Å²) in [6.45, 7) is 3.52. The summed E-state index contributed by atoms with van der Waals surface area (Å²) in [6, 6.07) is 0. The van der Waals surface area contributed by atoms with Crippen LogP contribution in [0.3, 0.4) is 0 Å². The van der Waals surface area contributed by atoms with Crippen LogP contribution in [-0.2, 0) is 4.74 Å². The predicted molar refractivity (Wildman–Crippen MR) is 68.2 cm³/mol. The third-order valence-corrected chi connectivity index (χ3v) is 2.41. The Morgan fingerprint density at radius 1 is 1.67 bits per heavy atom. The Bertz CT molecular complexity index is 414. The molecule has 0 saturated carbocycles. The molecule has 0 bridgehead atoms. The van der Waals surface area contributed by atoms with E-state index >= 15 is 0 Å². The van der Waals surface area contributed by atoms with E-state index in [9.17, 15) is 4.79 Å². The molecule has 0 aliphatic rings. The third kappa shape index (κ3) is 4.13. The van der Waals surface area contributed by atoms with Crippen molar-refractivity contribution in [3.8, 4) is 0 Å². The highest BCUT2D eigenvalue weighted by Gasteiger charge is 2.15. The molecule has 0 aromatic carbocycles. The molecule has 1 aromatic heterocycles. The number of hydrogen-bond acceptors (Lipinski definition) is 8. The Morgan fingerprint density at radius 2 is 2.39 bits per heavy atom. The first-order chi connectivity index (χ1) is 8.58. The van der Waals surface area contributed by atoms with Crippen LogP contribution in [0.4, 0.5) is 5.82 Å². The maximum absolute atomic E-state index is 11.7. The van der Waals surface area contributed by atoms with Gasteiger partial charge in [0.25, 0.3) is 0 Å².